The number of nitrogens with two attached hydrogens (primary N) is 2. The lowest BCUT2D eigenvalue weighted by molar-refractivity contribution is 0.0624. The molecule has 6 aromatic rings. The molecule has 3 fully saturated rings. The first-order valence-electron chi connectivity index (χ1n) is 28.5. The number of nitrogens with one attached hydrogen (secondary N) is 5. The van der Waals surface area contributed by atoms with Gasteiger partial charge in [-0.25, -0.2) is 9.59 Å². The van der Waals surface area contributed by atoms with Crippen molar-refractivity contribution in [1.82, 2.24) is 9.80 Å². The number of carbonyl (C=O) groups is 5. The molecule has 6 aromatic carbocycles. The van der Waals surface area contributed by atoms with Gasteiger partial charge in [0.05, 0.1) is 34.1 Å². The normalized spacial score (nSPS) is 16.1. The van der Waals surface area contributed by atoms with Gasteiger partial charge < -0.3 is 61.4 Å². The summed E-state index contributed by atoms with van der Waals surface area (Å²) in [5, 5.41) is 14.0. The molecule has 3 heterocycles. The Kier molecular flexibility index (Phi) is 26.2. The summed E-state index contributed by atoms with van der Waals surface area (Å²) in [6.07, 6.45) is 2.13. The number of para-hydroxylation sites is 6. The quantitative estimate of drug-likeness (QED) is 0.0534. The average molecular weight is 1190 g/mol. The van der Waals surface area contributed by atoms with Crippen LogP contribution in [0.15, 0.2) is 146 Å². The maximum absolute atomic E-state index is 12.8. The number of carbonyl (C=O) groups excluding carboxylic acids is 5. The number of benzene rings is 6. The van der Waals surface area contributed by atoms with E-state index in [0.29, 0.717) is 62.9 Å². The van der Waals surface area contributed by atoms with Gasteiger partial charge in [-0.2, -0.15) is 0 Å². The van der Waals surface area contributed by atoms with Gasteiger partial charge in [-0.15, -0.1) is 0 Å². The van der Waals surface area contributed by atoms with Crippen molar-refractivity contribution in [1.29, 1.82) is 0 Å². The van der Waals surface area contributed by atoms with Crippen LogP contribution in [0.2, 0.25) is 0 Å². The molecule has 0 saturated carbocycles. The summed E-state index contributed by atoms with van der Waals surface area (Å²) in [6.45, 7) is 16.6. The summed E-state index contributed by atoms with van der Waals surface area (Å²) in [5.41, 5.74) is 18.8. The molecule has 9 N–H and O–H groups in total. The van der Waals surface area contributed by atoms with Gasteiger partial charge in [-0.05, 0) is 198 Å². The van der Waals surface area contributed by atoms with Crippen molar-refractivity contribution in [3.63, 3.8) is 0 Å². The van der Waals surface area contributed by atoms with Crippen LogP contribution >= 0.6 is 0 Å². The Morgan fingerprint density at radius 1 is 0.425 bits per heavy atom. The fourth-order valence-corrected chi connectivity index (χ4v) is 9.71. The van der Waals surface area contributed by atoms with Gasteiger partial charge in [0.15, 0.2) is 0 Å². The third-order valence-corrected chi connectivity index (χ3v) is 14.3. The van der Waals surface area contributed by atoms with Crippen molar-refractivity contribution < 1.29 is 33.4 Å². The summed E-state index contributed by atoms with van der Waals surface area (Å²) in [7, 11) is 8.46. The second-order valence-electron chi connectivity index (χ2n) is 23.6. The van der Waals surface area contributed by atoms with Gasteiger partial charge in [0.2, 0.25) is 0 Å². The van der Waals surface area contributed by atoms with E-state index in [2.05, 4.69) is 79.3 Å². The van der Waals surface area contributed by atoms with Crippen LogP contribution in [0.4, 0.5) is 60.8 Å². The zero-order valence-electron chi connectivity index (χ0n) is 50.2. The van der Waals surface area contributed by atoms with Crippen molar-refractivity contribution >= 4 is 81.1 Å². The van der Waals surface area contributed by atoms with Crippen LogP contribution in [-0.2, 0) is 9.47 Å². The highest BCUT2D eigenvalue weighted by atomic mass is 16.6. The Hall–Kier alpha value is -8.65. The van der Waals surface area contributed by atoms with Crippen LogP contribution in [-0.4, -0.2) is 136 Å². The Labute approximate surface area is 517 Å². The topological polar surface area (TPSA) is 232 Å². The van der Waals surface area contributed by atoms with Gasteiger partial charge >= 0.3 is 12.2 Å². The fourth-order valence-electron chi connectivity index (χ4n) is 9.71. The highest BCUT2D eigenvalue weighted by Gasteiger charge is 2.27. The number of amides is 5. The molecule has 87 heavy (non-hydrogen) atoms. The van der Waals surface area contributed by atoms with E-state index >= 15 is 0 Å². The maximum Gasteiger partial charge on any atom is 0.412 e. The molecule has 470 valence electrons. The largest absolute Gasteiger partial charge is 0.444 e. The monoisotopic (exact) mass is 1190 g/mol. The van der Waals surface area contributed by atoms with Gasteiger partial charge in [0, 0.05) is 91.1 Å². The first-order valence-corrected chi connectivity index (χ1v) is 28.5. The Morgan fingerprint density at radius 2 is 0.713 bits per heavy atom. The van der Waals surface area contributed by atoms with Crippen LogP contribution in [0.5, 0.6) is 0 Å². The second kappa shape index (κ2) is 32.2. The van der Waals surface area contributed by atoms with Crippen molar-refractivity contribution in [3.05, 3.63) is 162 Å². The summed E-state index contributed by atoms with van der Waals surface area (Å²) in [6, 6.07) is 45.5. The third-order valence-electron chi connectivity index (χ3n) is 14.3. The van der Waals surface area contributed by atoms with E-state index in [-0.39, 0.29) is 46.0 Å². The standard InChI is InChI=1S/C24H32N4O3.C22H28N4O3.C19H24N4O.3CH4/c1-24(2,3)31-23(30)26-21-9-7-6-8-20(21)25-22(29)17-10-12-18(13-11-17)28-15-14-19(16-28)27(4)5;1-22(2,3)29-21(28)25-19-7-5-4-6-18(19)24-20(27)15-8-10-17(11-9-15)26-13-12-16(23)14-26;1-22(2)16-11-12-23(13-16)15-9-7-14(8-10-15)19(24)21-18-6-4-3-5-17(18)20;;;/h6-13,19H,14-16H2,1-5H3,(H,25,29)(H,26,30);4-11,16H,12-14,23H2,1-3H3,(H,24,27)(H,25,28);3-10,16H,11-13,20H2,1-2H3,(H,21,24);3*1H4/t19-;2*16-;;;/m000.../s1. The van der Waals surface area contributed by atoms with Gasteiger partial charge in [0.25, 0.3) is 17.7 Å². The zero-order valence-corrected chi connectivity index (χ0v) is 50.2. The minimum atomic E-state index is -0.608. The van der Waals surface area contributed by atoms with Gasteiger partial charge in [-0.3, -0.25) is 25.0 Å². The molecule has 0 radical (unpaired) electrons. The van der Waals surface area contributed by atoms with Gasteiger partial charge in [0.1, 0.15) is 11.2 Å². The van der Waals surface area contributed by atoms with Crippen molar-refractivity contribution in [2.75, 3.05) is 114 Å². The lowest BCUT2D eigenvalue weighted by Gasteiger charge is -2.22. The van der Waals surface area contributed by atoms with E-state index in [0.717, 1.165) is 69.2 Å². The number of nitrogens with zero attached hydrogens (tertiary/aromatic N) is 5. The summed E-state index contributed by atoms with van der Waals surface area (Å²) in [4.78, 5) is 73.4. The molecular formula is C68H96N12O7. The number of likely N-dealkylation sites (N-methyl/N-ethyl adjacent to an activating group) is 2. The first kappa shape index (κ1) is 70.8. The van der Waals surface area contributed by atoms with Crippen LogP contribution in [0.3, 0.4) is 0 Å². The lowest BCUT2D eigenvalue weighted by atomic mass is 10.1. The Morgan fingerprint density at radius 3 is 1.00 bits per heavy atom. The molecule has 3 saturated heterocycles. The average Bonchev–Trinajstić information content (AvgIpc) is 4.33. The number of nitrogen functional groups attached to an aromatic ring is 1. The van der Waals surface area contributed by atoms with Crippen LogP contribution < -0.4 is 52.8 Å². The Balaban J connectivity index is 0.000000277. The molecule has 9 rings (SSSR count). The van der Waals surface area contributed by atoms with Gasteiger partial charge in [-0.1, -0.05) is 58.7 Å². The minimum absolute atomic E-state index is 0. The molecule has 3 aliphatic rings. The number of ether oxygens (including phenoxy) is 2. The Bertz CT molecular complexity index is 3180. The molecule has 19 heteroatoms. The highest BCUT2D eigenvalue weighted by Crippen LogP contribution is 2.29. The molecule has 3 atom stereocenters. The second-order valence-corrected chi connectivity index (χ2v) is 23.6. The number of hydrogen-bond donors (Lipinski definition) is 7. The summed E-state index contributed by atoms with van der Waals surface area (Å²) >= 11 is 0. The molecule has 5 amide bonds. The predicted molar refractivity (Wildman–Crippen MR) is 360 cm³/mol. The molecule has 0 aromatic heterocycles. The van der Waals surface area contributed by atoms with E-state index in [9.17, 15) is 24.0 Å². The van der Waals surface area contributed by atoms with Crippen molar-refractivity contribution in [3.8, 4) is 0 Å². The molecule has 0 unspecified atom stereocenters. The highest BCUT2D eigenvalue weighted by molar-refractivity contribution is 6.08. The van der Waals surface area contributed by atoms with Crippen LogP contribution in [0, 0.1) is 0 Å². The predicted octanol–water partition coefficient (Wildman–Crippen LogP) is 12.8. The van der Waals surface area contributed by atoms with E-state index in [1.165, 1.54) is 6.42 Å². The van der Waals surface area contributed by atoms with E-state index in [4.69, 9.17) is 20.9 Å². The first-order chi connectivity index (χ1) is 39.9. The van der Waals surface area contributed by atoms with E-state index in [1.54, 1.807) is 114 Å². The molecule has 0 bridgehead atoms. The smallest absolute Gasteiger partial charge is 0.412 e. The fraction of sp³-hybridized carbons (Fsp3) is 0.397. The molecule has 3 aliphatic heterocycles. The van der Waals surface area contributed by atoms with Crippen molar-refractivity contribution in [2.45, 2.75) is 112 Å². The van der Waals surface area contributed by atoms with Crippen LogP contribution in [0.1, 0.15) is 114 Å². The molecule has 19 nitrogen and oxygen atoms in total. The number of anilines is 9. The number of hydrogen-bond acceptors (Lipinski definition) is 14. The number of rotatable bonds is 13. The molecule has 0 spiro atoms. The third kappa shape index (κ3) is 21.4. The van der Waals surface area contributed by atoms with Crippen LogP contribution in [0.25, 0.3) is 0 Å². The van der Waals surface area contributed by atoms with Crippen molar-refractivity contribution in [2.24, 2.45) is 5.73 Å². The summed E-state index contributed by atoms with van der Waals surface area (Å²) < 4.78 is 10.6. The van der Waals surface area contributed by atoms with E-state index in [1.807, 2.05) is 72.8 Å². The van der Waals surface area contributed by atoms with E-state index < -0.39 is 23.4 Å². The molecule has 0 aliphatic carbocycles. The SMILES string of the molecule is C.C.C.CC(C)(C)OC(=O)Nc1ccccc1NC(=O)c1ccc(N2CC[C@H](N)C2)cc1.CN(C)[C@H]1CCN(c2ccc(C(=O)Nc3ccccc3N)cc2)C1.CN(C)[C@H]1CCN(c2ccc(C(=O)Nc3ccccc3NC(=O)OC(C)(C)C)cc2)C1. The maximum atomic E-state index is 12.8. The molecular weight excluding hydrogens is 1100 g/mol. The lowest BCUT2D eigenvalue weighted by Crippen LogP contribution is -2.31. The summed E-state index contributed by atoms with van der Waals surface area (Å²) in [5.74, 6) is -0.641. The zero-order chi connectivity index (χ0) is 60.7. The minimum Gasteiger partial charge on any atom is -0.444 e.